The number of amides is 3. The summed E-state index contributed by atoms with van der Waals surface area (Å²) >= 11 is 0. The van der Waals surface area contributed by atoms with Gasteiger partial charge < -0.3 is 34.7 Å². The molecule has 3 aliphatic rings. The zero-order valence-corrected chi connectivity index (χ0v) is 36.0. The molecule has 6 bridgehead atoms. The third-order valence-corrected chi connectivity index (χ3v) is 12.1. The molecule has 7 rings (SSSR count). The first-order chi connectivity index (χ1) is 28.6. The van der Waals surface area contributed by atoms with Crippen LogP contribution in [0.1, 0.15) is 77.3 Å². The smallest absolute Gasteiger partial charge is 0.324 e. The Morgan fingerprint density at radius 1 is 1.12 bits per heavy atom. The number of carbonyl (C=O) groups is 4. The van der Waals surface area contributed by atoms with Crippen LogP contribution >= 0.6 is 0 Å². The number of carbonyl (C=O) groups excluding carboxylic acids is 4. The summed E-state index contributed by atoms with van der Waals surface area (Å²) < 4.78 is 14.2. The third-order valence-electron chi connectivity index (χ3n) is 12.1. The number of aryl methyl sites for hydroxylation is 1. The van der Waals surface area contributed by atoms with Gasteiger partial charge in [-0.2, -0.15) is 0 Å². The Morgan fingerprint density at radius 2 is 1.88 bits per heavy atom. The molecule has 60 heavy (non-hydrogen) atoms. The fourth-order valence-corrected chi connectivity index (χ4v) is 8.87. The molecule has 2 fully saturated rings. The Balaban J connectivity index is 1.36. The second-order valence-corrected chi connectivity index (χ2v) is 17.6. The SMILES string of the molecule is CCn1c(-c2cccnc2[C@H](C)OC)c2c3cc(ccc31)-c1cc(O)cc(c1)C[C@H](NC(=O)[C@H](C(C)C)N(C)C(=O)[C@H]1CN1)C(=O)N1CCC[C@H](N1)C(=O)OCC(C)(C)C2. The van der Waals surface area contributed by atoms with Crippen molar-refractivity contribution in [3.05, 3.63) is 71.5 Å². The molecule has 2 aromatic carbocycles. The van der Waals surface area contributed by atoms with Gasteiger partial charge in [-0.25, -0.2) is 5.43 Å². The lowest BCUT2D eigenvalue weighted by Crippen LogP contribution is -2.62. The number of benzene rings is 2. The number of rotatable bonds is 9. The zero-order valence-electron chi connectivity index (χ0n) is 36.0. The van der Waals surface area contributed by atoms with Gasteiger partial charge >= 0.3 is 5.97 Å². The van der Waals surface area contributed by atoms with Crippen LogP contribution in [0.25, 0.3) is 33.3 Å². The molecule has 4 N–H and O–H groups in total. The number of phenols is 1. The van der Waals surface area contributed by atoms with Crippen LogP contribution in [0, 0.1) is 11.3 Å². The highest BCUT2D eigenvalue weighted by Crippen LogP contribution is 2.42. The van der Waals surface area contributed by atoms with Crippen molar-refractivity contribution < 1.29 is 33.8 Å². The van der Waals surface area contributed by atoms with Crippen molar-refractivity contribution in [1.82, 2.24) is 35.5 Å². The number of aromatic hydroxyl groups is 1. The number of nitrogens with zero attached hydrogens (tertiary/aromatic N) is 4. The zero-order chi connectivity index (χ0) is 43.0. The van der Waals surface area contributed by atoms with Gasteiger partial charge in [0, 0.05) is 68.3 Å². The molecule has 14 heteroatoms. The van der Waals surface area contributed by atoms with Gasteiger partial charge in [0.25, 0.3) is 5.91 Å². The fourth-order valence-electron chi connectivity index (χ4n) is 8.87. The van der Waals surface area contributed by atoms with Crippen molar-refractivity contribution >= 4 is 34.6 Å². The number of methoxy groups -OCH3 is 1. The van der Waals surface area contributed by atoms with Gasteiger partial charge in [-0.05, 0) is 97.7 Å². The maximum Gasteiger partial charge on any atom is 0.324 e. The van der Waals surface area contributed by atoms with E-state index in [0.717, 1.165) is 44.5 Å². The van der Waals surface area contributed by atoms with Crippen molar-refractivity contribution in [3.8, 4) is 28.1 Å². The summed E-state index contributed by atoms with van der Waals surface area (Å²) in [6.45, 7) is 13.7. The highest BCUT2D eigenvalue weighted by Gasteiger charge is 2.40. The van der Waals surface area contributed by atoms with Gasteiger partial charge in [0.15, 0.2) is 0 Å². The van der Waals surface area contributed by atoms with E-state index in [1.807, 2.05) is 39.0 Å². The number of esters is 1. The van der Waals surface area contributed by atoms with Crippen LogP contribution in [-0.2, 0) is 48.0 Å². The molecular formula is C46H59N7O7. The summed E-state index contributed by atoms with van der Waals surface area (Å²) in [6, 6.07) is 12.5. The number of cyclic esters (lactones) is 1. The lowest BCUT2D eigenvalue weighted by Gasteiger charge is -2.36. The van der Waals surface area contributed by atoms with Gasteiger partial charge in [0.2, 0.25) is 11.8 Å². The highest BCUT2D eigenvalue weighted by atomic mass is 16.5. The summed E-state index contributed by atoms with van der Waals surface area (Å²) in [7, 11) is 3.29. The number of hydrogen-bond acceptors (Lipinski definition) is 10. The molecule has 5 heterocycles. The molecule has 0 saturated carbocycles. The summed E-state index contributed by atoms with van der Waals surface area (Å²) in [5, 5.41) is 19.6. The van der Waals surface area contributed by atoms with Gasteiger partial charge in [-0.3, -0.25) is 29.2 Å². The van der Waals surface area contributed by atoms with E-state index in [1.54, 1.807) is 32.5 Å². The second-order valence-electron chi connectivity index (χ2n) is 17.6. The van der Waals surface area contributed by atoms with Crippen LogP contribution in [0.2, 0.25) is 0 Å². The largest absolute Gasteiger partial charge is 0.508 e. The number of pyridine rings is 1. The molecule has 0 radical (unpaired) electrons. The molecule has 2 saturated heterocycles. The normalized spacial score (nSPS) is 21.6. The van der Waals surface area contributed by atoms with Crippen molar-refractivity contribution in [1.29, 1.82) is 0 Å². The number of fused-ring (bicyclic) bond motifs is 6. The van der Waals surface area contributed by atoms with Crippen LogP contribution in [0.3, 0.4) is 0 Å². The van der Waals surface area contributed by atoms with E-state index in [2.05, 4.69) is 59.6 Å². The Morgan fingerprint density at radius 3 is 2.58 bits per heavy atom. The maximum atomic E-state index is 14.5. The molecule has 0 aliphatic carbocycles. The van der Waals surface area contributed by atoms with Crippen LogP contribution in [-0.4, -0.2) is 106 Å². The van der Waals surface area contributed by atoms with E-state index in [4.69, 9.17) is 14.5 Å². The lowest BCUT2D eigenvalue weighted by atomic mass is 9.84. The molecule has 4 aromatic rings. The number of nitrogens with one attached hydrogen (secondary N) is 3. The first-order valence-corrected chi connectivity index (χ1v) is 21.1. The van der Waals surface area contributed by atoms with E-state index >= 15 is 0 Å². The van der Waals surface area contributed by atoms with E-state index in [9.17, 15) is 24.3 Å². The molecule has 2 aromatic heterocycles. The minimum Gasteiger partial charge on any atom is -0.508 e. The predicted molar refractivity (Wildman–Crippen MR) is 229 cm³/mol. The molecule has 5 atom stereocenters. The number of aromatic nitrogens is 2. The van der Waals surface area contributed by atoms with Gasteiger partial charge in [0.1, 0.15) is 23.9 Å². The number of hydrazine groups is 1. The highest BCUT2D eigenvalue weighted by molar-refractivity contribution is 5.96. The number of phenolic OH excluding ortho intramolecular Hbond substituents is 1. The van der Waals surface area contributed by atoms with Crippen LogP contribution in [0.15, 0.2) is 54.7 Å². The predicted octanol–water partition coefficient (Wildman–Crippen LogP) is 4.91. The summed E-state index contributed by atoms with van der Waals surface area (Å²) in [5.74, 6) is -1.81. The average molecular weight is 822 g/mol. The molecule has 320 valence electrons. The number of likely N-dealkylation sites (N-methyl/N-ethyl adjacent to an activating group) is 1. The van der Waals surface area contributed by atoms with Gasteiger partial charge in [-0.15, -0.1) is 0 Å². The minimum atomic E-state index is -1.10. The average Bonchev–Trinajstić information content (AvgIpc) is 4.04. The standard InChI is InChI=1S/C46H59N7O7/c1-9-52-38-15-14-29-22-33(38)34(41(52)32-12-10-16-47-39(32)27(4)59-8)23-46(5,6)25-60-45(58)35-13-11-17-53(50-35)44(57)36(20-28-18-30(29)21-31(54)19-28)49-42(55)40(26(2)3)51(7)43(56)37-24-48-37/h10,12,14-16,18-19,21-22,26-27,35-37,40,48,50,54H,9,11,13,17,20,23-25H2,1-8H3,(H,49,55)/t27-,35-,36-,37+,40-/m0/s1. The molecule has 0 unspecified atom stereocenters. The monoisotopic (exact) mass is 821 g/mol. The van der Waals surface area contributed by atoms with Crippen molar-refractivity contribution in [2.45, 2.75) is 104 Å². The molecule has 3 amide bonds. The first-order valence-electron chi connectivity index (χ1n) is 21.1. The summed E-state index contributed by atoms with van der Waals surface area (Å²) in [5.41, 5.74) is 9.69. The van der Waals surface area contributed by atoms with Crippen LogP contribution < -0.4 is 16.1 Å². The minimum absolute atomic E-state index is 0.0116. The van der Waals surface area contributed by atoms with Crippen molar-refractivity contribution in [2.75, 3.05) is 33.9 Å². The quantitative estimate of drug-likeness (QED) is 0.134. The van der Waals surface area contributed by atoms with Crippen molar-refractivity contribution in [2.24, 2.45) is 11.3 Å². The molecule has 0 spiro atoms. The van der Waals surface area contributed by atoms with Crippen molar-refractivity contribution in [3.63, 3.8) is 0 Å². The van der Waals surface area contributed by atoms with Crippen LogP contribution in [0.4, 0.5) is 0 Å². The Labute approximate surface area is 352 Å². The third kappa shape index (κ3) is 8.77. The van der Waals surface area contributed by atoms with E-state index in [-0.39, 0.29) is 42.7 Å². The van der Waals surface area contributed by atoms with Gasteiger partial charge in [-0.1, -0.05) is 39.8 Å². The maximum absolute atomic E-state index is 14.5. The lowest BCUT2D eigenvalue weighted by molar-refractivity contribution is -0.155. The van der Waals surface area contributed by atoms with E-state index in [0.29, 0.717) is 44.5 Å². The van der Waals surface area contributed by atoms with Crippen LogP contribution in [0.5, 0.6) is 5.75 Å². The molecule has 3 aliphatic heterocycles. The topological polar surface area (TPSA) is 177 Å². The van der Waals surface area contributed by atoms with Gasteiger partial charge in [0.05, 0.1) is 30.1 Å². The fraction of sp³-hybridized carbons (Fsp3) is 0.500. The summed E-state index contributed by atoms with van der Waals surface area (Å²) in [4.78, 5) is 61.9. The number of hydrogen-bond donors (Lipinski definition) is 4. The molecular weight excluding hydrogens is 763 g/mol. The van der Waals surface area contributed by atoms with E-state index in [1.165, 1.54) is 9.91 Å². The second kappa shape index (κ2) is 17.3. The Bertz CT molecular complexity index is 2280. The first kappa shape index (κ1) is 42.8. The molecule has 14 nitrogen and oxygen atoms in total. The summed E-state index contributed by atoms with van der Waals surface area (Å²) in [6.07, 6.45) is 3.10. The van der Waals surface area contributed by atoms with E-state index < -0.39 is 41.3 Å². The Hall–Kier alpha value is -5.31. The number of ether oxygens (including phenoxy) is 2. The Kier molecular flexibility index (Phi) is 12.4.